The number of rotatable bonds is 2. The number of imidazole rings is 1. The van der Waals surface area contributed by atoms with Gasteiger partial charge < -0.3 is 0 Å². The molecule has 0 saturated heterocycles. The number of pyridine rings is 1. The zero-order valence-electron chi connectivity index (χ0n) is 9.95. The van der Waals surface area contributed by atoms with Gasteiger partial charge in [0.1, 0.15) is 17.2 Å². The number of hydrogen-bond acceptors (Lipinski definition) is 2. The van der Waals surface area contributed by atoms with Crippen LogP contribution < -0.4 is 0 Å². The van der Waals surface area contributed by atoms with Gasteiger partial charge in [-0.3, -0.25) is 4.57 Å². The lowest BCUT2D eigenvalue weighted by molar-refractivity contribution is 0.626. The highest BCUT2D eigenvalue weighted by Gasteiger charge is 2.14. The van der Waals surface area contributed by atoms with Gasteiger partial charge in [-0.1, -0.05) is 11.6 Å². The van der Waals surface area contributed by atoms with Gasteiger partial charge in [-0.25, -0.2) is 14.4 Å². The van der Waals surface area contributed by atoms with E-state index in [0.29, 0.717) is 27.7 Å². The van der Waals surface area contributed by atoms with Crippen molar-refractivity contribution < 1.29 is 4.39 Å². The lowest BCUT2D eigenvalue weighted by Crippen LogP contribution is -2.01. The van der Waals surface area contributed by atoms with E-state index >= 15 is 0 Å². The molecule has 0 aliphatic heterocycles. The Morgan fingerprint density at radius 2 is 2.05 bits per heavy atom. The third-order valence-corrected chi connectivity index (χ3v) is 3.65. The molecule has 20 heavy (non-hydrogen) atoms. The van der Waals surface area contributed by atoms with Gasteiger partial charge >= 0.3 is 0 Å². The Morgan fingerprint density at radius 1 is 1.25 bits per heavy atom. The fourth-order valence-corrected chi connectivity index (χ4v) is 2.73. The monoisotopic (exact) mass is 373 g/mol. The summed E-state index contributed by atoms with van der Waals surface area (Å²) in [5, 5.41) is 0.305. The minimum absolute atomic E-state index is 0.183. The first-order valence-electron chi connectivity index (χ1n) is 5.64. The van der Waals surface area contributed by atoms with Crippen LogP contribution in [0.5, 0.6) is 0 Å². The Bertz CT molecular complexity index is 783. The molecule has 0 amide bonds. The Kier molecular flexibility index (Phi) is 3.67. The zero-order chi connectivity index (χ0) is 14.3. The van der Waals surface area contributed by atoms with Gasteiger partial charge in [-0.2, -0.15) is 0 Å². The lowest BCUT2D eigenvalue weighted by Gasteiger charge is -2.07. The van der Waals surface area contributed by atoms with Gasteiger partial charge in [0.05, 0.1) is 11.6 Å². The predicted molar refractivity (Wildman–Crippen MR) is 81.1 cm³/mol. The number of aromatic nitrogens is 3. The second-order valence-corrected chi connectivity index (χ2v) is 5.74. The summed E-state index contributed by atoms with van der Waals surface area (Å²) in [6.45, 7) is 0. The van der Waals surface area contributed by atoms with Crippen molar-refractivity contribution in [1.29, 1.82) is 0 Å². The summed E-state index contributed by atoms with van der Waals surface area (Å²) in [4.78, 5) is 8.72. The second kappa shape index (κ2) is 5.31. The Balaban J connectivity index is 2.33. The lowest BCUT2D eigenvalue weighted by atomic mass is 10.3. The SMILES string of the molecule is Fc1cc(Cl)cc(-n2c(CCl)nc3cc(Br)cnc32)c1. The quantitative estimate of drug-likeness (QED) is 0.608. The topological polar surface area (TPSA) is 30.7 Å². The minimum atomic E-state index is -0.424. The standard InChI is InChI=1S/C13H7BrCl2FN3/c14-7-1-11-13(18-6-7)20(12(5-15)19-11)10-3-8(16)2-9(17)4-10/h1-4,6H,5H2. The summed E-state index contributed by atoms with van der Waals surface area (Å²) in [6.07, 6.45) is 1.65. The van der Waals surface area contributed by atoms with Crippen molar-refractivity contribution in [2.45, 2.75) is 5.88 Å². The van der Waals surface area contributed by atoms with Crippen molar-refractivity contribution >= 4 is 50.3 Å². The Labute approximate surface area is 132 Å². The fraction of sp³-hybridized carbons (Fsp3) is 0.0769. The maximum atomic E-state index is 13.5. The molecule has 0 atom stereocenters. The second-order valence-electron chi connectivity index (χ2n) is 4.12. The molecule has 3 aromatic rings. The van der Waals surface area contributed by atoms with Crippen LogP contribution in [0.1, 0.15) is 5.82 Å². The number of hydrogen-bond donors (Lipinski definition) is 0. The third-order valence-electron chi connectivity index (χ3n) is 2.76. The first-order chi connectivity index (χ1) is 9.58. The molecule has 0 bridgehead atoms. The van der Waals surface area contributed by atoms with E-state index in [2.05, 4.69) is 25.9 Å². The Morgan fingerprint density at radius 3 is 2.75 bits per heavy atom. The van der Waals surface area contributed by atoms with Gasteiger partial charge in [0.2, 0.25) is 0 Å². The fourth-order valence-electron chi connectivity index (χ4n) is 2.02. The molecule has 0 N–H and O–H groups in total. The summed E-state index contributed by atoms with van der Waals surface area (Å²) in [7, 11) is 0. The van der Waals surface area contributed by atoms with Crippen molar-refractivity contribution in [3.05, 3.63) is 51.6 Å². The molecule has 0 fully saturated rings. The van der Waals surface area contributed by atoms with Gasteiger partial charge in [0.15, 0.2) is 5.65 Å². The molecule has 2 aromatic heterocycles. The smallest absolute Gasteiger partial charge is 0.164 e. The molecule has 1 aromatic carbocycles. The molecule has 0 saturated carbocycles. The van der Waals surface area contributed by atoms with Crippen LogP contribution in [-0.4, -0.2) is 14.5 Å². The van der Waals surface area contributed by atoms with E-state index in [4.69, 9.17) is 23.2 Å². The number of benzene rings is 1. The average Bonchev–Trinajstić information content (AvgIpc) is 2.74. The molecule has 7 heteroatoms. The van der Waals surface area contributed by atoms with Gasteiger partial charge in [-0.05, 0) is 40.2 Å². The predicted octanol–water partition coefficient (Wildman–Crippen LogP) is 4.71. The maximum Gasteiger partial charge on any atom is 0.164 e. The van der Waals surface area contributed by atoms with E-state index in [1.807, 2.05) is 6.07 Å². The Hall–Kier alpha value is -1.17. The van der Waals surface area contributed by atoms with E-state index in [-0.39, 0.29) is 5.88 Å². The van der Waals surface area contributed by atoms with Crippen molar-refractivity contribution in [2.75, 3.05) is 0 Å². The molecular formula is C13H7BrCl2FN3. The number of nitrogens with zero attached hydrogens (tertiary/aromatic N) is 3. The van der Waals surface area contributed by atoms with Crippen molar-refractivity contribution in [3.8, 4) is 5.69 Å². The van der Waals surface area contributed by atoms with Crippen LogP contribution in [0, 0.1) is 5.82 Å². The summed E-state index contributed by atoms with van der Waals surface area (Å²) in [6, 6.07) is 6.09. The van der Waals surface area contributed by atoms with Crippen LogP contribution in [0.3, 0.4) is 0 Å². The molecule has 3 nitrogen and oxygen atoms in total. The largest absolute Gasteiger partial charge is 0.280 e. The molecule has 2 heterocycles. The number of alkyl halides is 1. The van der Waals surface area contributed by atoms with E-state index in [0.717, 1.165) is 4.47 Å². The number of halogens is 4. The molecule has 102 valence electrons. The summed E-state index contributed by atoms with van der Waals surface area (Å²) in [5.41, 5.74) is 1.82. The van der Waals surface area contributed by atoms with Crippen LogP contribution in [-0.2, 0) is 5.88 Å². The molecule has 0 aliphatic carbocycles. The van der Waals surface area contributed by atoms with E-state index in [9.17, 15) is 4.39 Å². The highest BCUT2D eigenvalue weighted by molar-refractivity contribution is 9.10. The third kappa shape index (κ3) is 2.41. The highest BCUT2D eigenvalue weighted by atomic mass is 79.9. The van der Waals surface area contributed by atoms with E-state index in [1.54, 1.807) is 16.8 Å². The summed E-state index contributed by atoms with van der Waals surface area (Å²) >= 11 is 15.2. The van der Waals surface area contributed by atoms with Crippen LogP contribution in [0.4, 0.5) is 4.39 Å². The summed E-state index contributed by atoms with van der Waals surface area (Å²) in [5.74, 6) is 0.336. The van der Waals surface area contributed by atoms with E-state index < -0.39 is 5.82 Å². The molecule has 0 spiro atoms. The van der Waals surface area contributed by atoms with Crippen molar-refractivity contribution in [2.24, 2.45) is 0 Å². The van der Waals surface area contributed by atoms with Gasteiger partial charge in [-0.15, -0.1) is 11.6 Å². The van der Waals surface area contributed by atoms with Crippen LogP contribution in [0.25, 0.3) is 16.9 Å². The van der Waals surface area contributed by atoms with Crippen molar-refractivity contribution in [1.82, 2.24) is 14.5 Å². The minimum Gasteiger partial charge on any atom is -0.280 e. The molecule has 0 radical (unpaired) electrons. The first-order valence-corrected chi connectivity index (χ1v) is 7.34. The highest BCUT2D eigenvalue weighted by Crippen LogP contribution is 2.25. The molecule has 0 aliphatic rings. The maximum absolute atomic E-state index is 13.5. The van der Waals surface area contributed by atoms with Crippen LogP contribution >= 0.6 is 39.1 Å². The zero-order valence-corrected chi connectivity index (χ0v) is 13.0. The van der Waals surface area contributed by atoms with E-state index in [1.165, 1.54) is 12.1 Å². The first kappa shape index (κ1) is 13.8. The molecular weight excluding hydrogens is 368 g/mol. The van der Waals surface area contributed by atoms with Gasteiger partial charge in [0, 0.05) is 15.7 Å². The van der Waals surface area contributed by atoms with Crippen LogP contribution in [0.15, 0.2) is 34.9 Å². The summed E-state index contributed by atoms with van der Waals surface area (Å²) < 4.78 is 16.1. The normalized spacial score (nSPS) is 11.2. The van der Waals surface area contributed by atoms with Crippen molar-refractivity contribution in [3.63, 3.8) is 0 Å². The van der Waals surface area contributed by atoms with Crippen LogP contribution in [0.2, 0.25) is 5.02 Å². The average molecular weight is 375 g/mol. The number of fused-ring (bicyclic) bond motifs is 1. The molecule has 3 rings (SSSR count). The molecule has 0 unspecified atom stereocenters. The van der Waals surface area contributed by atoms with Gasteiger partial charge in [0.25, 0.3) is 0 Å².